The molecule has 1 heterocycles. The Hall–Kier alpha value is -2.22. The molecule has 1 rings (SSSR count). The highest BCUT2D eigenvalue weighted by Crippen LogP contribution is 2.19. The fourth-order valence-corrected chi connectivity index (χ4v) is 1.49. The van der Waals surface area contributed by atoms with Crippen molar-refractivity contribution in [3.63, 3.8) is 0 Å². The number of pyridine rings is 1. The van der Waals surface area contributed by atoms with Gasteiger partial charge in [-0.1, -0.05) is 18.5 Å². The number of aromatic nitrogens is 1. The van der Waals surface area contributed by atoms with Crippen LogP contribution in [0.3, 0.4) is 0 Å². The zero-order valence-corrected chi connectivity index (χ0v) is 11.4. The van der Waals surface area contributed by atoms with E-state index in [1.54, 1.807) is 0 Å². The minimum atomic E-state index is -0.757. The number of hydrogen-bond acceptors (Lipinski definition) is 5. The summed E-state index contributed by atoms with van der Waals surface area (Å²) < 4.78 is 0. The second kappa shape index (κ2) is 7.39. The molecule has 20 heavy (non-hydrogen) atoms. The molecule has 0 spiro atoms. The number of rotatable bonds is 6. The van der Waals surface area contributed by atoms with Crippen LogP contribution in [-0.2, 0) is 4.79 Å². The van der Waals surface area contributed by atoms with Crippen molar-refractivity contribution in [2.24, 2.45) is 0 Å². The molecular weight excluding hydrogens is 288 g/mol. The van der Waals surface area contributed by atoms with Crippen LogP contribution < -0.4 is 10.6 Å². The number of carbonyl (C=O) groups excluding carboxylic acids is 2. The highest BCUT2D eigenvalue weighted by atomic mass is 35.5. The molecule has 9 heteroatoms. The summed E-state index contributed by atoms with van der Waals surface area (Å²) in [6, 6.07) is 1.08. The summed E-state index contributed by atoms with van der Waals surface area (Å²) in [5.74, 6) is -1.13. The van der Waals surface area contributed by atoms with E-state index in [1.807, 2.05) is 6.92 Å². The van der Waals surface area contributed by atoms with E-state index in [1.165, 1.54) is 0 Å². The molecule has 0 fully saturated rings. The van der Waals surface area contributed by atoms with Gasteiger partial charge in [0.15, 0.2) is 0 Å². The smallest absolute Gasteiger partial charge is 0.300 e. The van der Waals surface area contributed by atoms with Crippen LogP contribution in [0.1, 0.15) is 23.7 Å². The van der Waals surface area contributed by atoms with Crippen LogP contribution in [0.2, 0.25) is 5.15 Å². The van der Waals surface area contributed by atoms with Crippen LogP contribution in [0.4, 0.5) is 5.69 Å². The molecule has 0 unspecified atom stereocenters. The van der Waals surface area contributed by atoms with Crippen LogP contribution in [0, 0.1) is 10.1 Å². The summed E-state index contributed by atoms with van der Waals surface area (Å²) in [6.07, 6.45) is 1.67. The predicted octanol–water partition coefficient (Wildman–Crippen LogP) is 0.899. The van der Waals surface area contributed by atoms with E-state index in [2.05, 4.69) is 15.6 Å². The van der Waals surface area contributed by atoms with Crippen LogP contribution in [0.25, 0.3) is 0 Å². The van der Waals surface area contributed by atoms with E-state index >= 15 is 0 Å². The van der Waals surface area contributed by atoms with Gasteiger partial charge in [0, 0.05) is 6.54 Å². The van der Waals surface area contributed by atoms with Crippen LogP contribution >= 0.6 is 11.6 Å². The minimum Gasteiger partial charge on any atom is -0.355 e. The van der Waals surface area contributed by atoms with Gasteiger partial charge in [-0.25, -0.2) is 4.98 Å². The van der Waals surface area contributed by atoms with Gasteiger partial charge in [0.25, 0.3) is 11.6 Å². The molecule has 0 saturated heterocycles. The lowest BCUT2D eigenvalue weighted by molar-refractivity contribution is -0.385. The Morgan fingerprint density at radius 3 is 2.75 bits per heavy atom. The molecule has 0 aliphatic heterocycles. The van der Waals surface area contributed by atoms with Crippen molar-refractivity contribution in [1.82, 2.24) is 15.6 Å². The number of carbonyl (C=O) groups is 2. The highest BCUT2D eigenvalue weighted by molar-refractivity contribution is 6.29. The molecule has 0 saturated carbocycles. The Bertz CT molecular complexity index is 535. The second-order valence-corrected chi connectivity index (χ2v) is 4.20. The Labute approximate surface area is 119 Å². The van der Waals surface area contributed by atoms with Gasteiger partial charge in [0.1, 0.15) is 16.9 Å². The molecule has 0 aromatic carbocycles. The molecule has 8 nitrogen and oxygen atoms in total. The first-order valence-corrected chi connectivity index (χ1v) is 6.18. The topological polar surface area (TPSA) is 114 Å². The lowest BCUT2D eigenvalue weighted by Crippen LogP contribution is -2.37. The predicted molar refractivity (Wildman–Crippen MR) is 71.5 cm³/mol. The van der Waals surface area contributed by atoms with Gasteiger partial charge in [0.2, 0.25) is 5.91 Å². The van der Waals surface area contributed by atoms with Crippen molar-refractivity contribution in [2.45, 2.75) is 13.3 Å². The maximum atomic E-state index is 11.8. The maximum Gasteiger partial charge on any atom is 0.300 e. The number of nitrogens with zero attached hydrogens (tertiary/aromatic N) is 2. The fraction of sp³-hybridized carbons (Fsp3) is 0.364. The molecular formula is C11H13ClN4O4. The first-order valence-electron chi connectivity index (χ1n) is 5.80. The first-order chi connectivity index (χ1) is 9.45. The maximum absolute atomic E-state index is 11.8. The Morgan fingerprint density at radius 2 is 2.15 bits per heavy atom. The number of hydrogen-bond donors (Lipinski definition) is 2. The van der Waals surface area contributed by atoms with Crippen molar-refractivity contribution in [3.05, 3.63) is 33.1 Å². The lowest BCUT2D eigenvalue weighted by atomic mass is 10.2. The van der Waals surface area contributed by atoms with Crippen LogP contribution in [0.15, 0.2) is 12.3 Å². The van der Waals surface area contributed by atoms with E-state index in [-0.39, 0.29) is 23.2 Å². The third kappa shape index (κ3) is 4.47. The van der Waals surface area contributed by atoms with Gasteiger partial charge < -0.3 is 10.6 Å². The summed E-state index contributed by atoms with van der Waals surface area (Å²) in [7, 11) is 0. The third-order valence-corrected chi connectivity index (χ3v) is 2.48. The molecule has 2 N–H and O–H groups in total. The van der Waals surface area contributed by atoms with Gasteiger partial charge >= 0.3 is 0 Å². The van der Waals surface area contributed by atoms with Crippen molar-refractivity contribution < 1.29 is 14.5 Å². The molecule has 108 valence electrons. The third-order valence-electron chi connectivity index (χ3n) is 2.27. The number of nitrogens with one attached hydrogen (secondary N) is 2. The Kier molecular flexibility index (Phi) is 5.85. The zero-order chi connectivity index (χ0) is 15.1. The largest absolute Gasteiger partial charge is 0.355 e. The number of nitro groups is 1. The lowest BCUT2D eigenvalue weighted by Gasteiger charge is -2.06. The standard InChI is InChI=1S/C11H13ClN4O4/c1-2-3-13-10(17)6-15-11(18)7-4-9(12)14-5-8(7)16(19)20/h4-5H,2-3,6H2,1H3,(H,13,17)(H,15,18). The zero-order valence-electron chi connectivity index (χ0n) is 10.7. The molecule has 0 aliphatic rings. The van der Waals surface area contributed by atoms with Crippen molar-refractivity contribution in [3.8, 4) is 0 Å². The van der Waals surface area contributed by atoms with Gasteiger partial charge in [-0.2, -0.15) is 0 Å². The van der Waals surface area contributed by atoms with E-state index in [9.17, 15) is 19.7 Å². The van der Waals surface area contributed by atoms with Gasteiger partial charge in [0.05, 0.1) is 11.5 Å². The summed E-state index contributed by atoms with van der Waals surface area (Å²) in [6.45, 7) is 2.12. The summed E-state index contributed by atoms with van der Waals surface area (Å²) in [4.78, 5) is 36.7. The molecule has 0 bridgehead atoms. The number of halogens is 1. The highest BCUT2D eigenvalue weighted by Gasteiger charge is 2.21. The number of amides is 2. The molecule has 2 amide bonds. The monoisotopic (exact) mass is 300 g/mol. The van der Waals surface area contributed by atoms with Crippen molar-refractivity contribution in [1.29, 1.82) is 0 Å². The summed E-state index contributed by atoms with van der Waals surface area (Å²) in [5, 5.41) is 15.6. The van der Waals surface area contributed by atoms with E-state index < -0.39 is 16.5 Å². The van der Waals surface area contributed by atoms with Crippen LogP contribution in [0.5, 0.6) is 0 Å². The molecule has 0 aliphatic carbocycles. The SMILES string of the molecule is CCCNC(=O)CNC(=O)c1cc(Cl)ncc1[N+](=O)[O-]. The van der Waals surface area contributed by atoms with Crippen LogP contribution in [-0.4, -0.2) is 34.8 Å². The van der Waals surface area contributed by atoms with Crippen molar-refractivity contribution in [2.75, 3.05) is 13.1 Å². The van der Waals surface area contributed by atoms with Gasteiger partial charge in [-0.3, -0.25) is 19.7 Å². The van der Waals surface area contributed by atoms with Crippen molar-refractivity contribution >= 4 is 29.1 Å². The average molecular weight is 301 g/mol. The normalized spacial score (nSPS) is 9.90. The van der Waals surface area contributed by atoms with Gasteiger partial charge in [-0.05, 0) is 12.5 Å². The second-order valence-electron chi connectivity index (χ2n) is 3.81. The van der Waals surface area contributed by atoms with E-state index in [4.69, 9.17) is 11.6 Å². The van der Waals surface area contributed by atoms with Gasteiger partial charge in [-0.15, -0.1) is 0 Å². The summed E-state index contributed by atoms with van der Waals surface area (Å²) in [5.41, 5.74) is -0.709. The Balaban J connectivity index is 2.74. The molecule has 0 atom stereocenters. The summed E-state index contributed by atoms with van der Waals surface area (Å²) >= 11 is 5.60. The molecule has 1 aromatic rings. The Morgan fingerprint density at radius 1 is 1.45 bits per heavy atom. The minimum absolute atomic E-state index is 0.0452. The molecule has 1 aromatic heterocycles. The quantitative estimate of drug-likeness (QED) is 0.460. The van der Waals surface area contributed by atoms with E-state index in [0.717, 1.165) is 18.7 Å². The first kappa shape index (κ1) is 15.8. The average Bonchev–Trinajstić information content (AvgIpc) is 2.41. The molecule has 0 radical (unpaired) electrons. The van der Waals surface area contributed by atoms with E-state index in [0.29, 0.717) is 6.54 Å². The fourth-order valence-electron chi connectivity index (χ4n) is 1.33.